The molecule has 2 rings (SSSR count). The molecule has 0 aromatic heterocycles. The lowest BCUT2D eigenvalue weighted by molar-refractivity contribution is -0.138. The molecule has 150 valence electrons. The van der Waals surface area contributed by atoms with Crippen LogP contribution in [0.25, 0.3) is 0 Å². The Morgan fingerprint density at radius 2 is 1.68 bits per heavy atom. The maximum atomic E-state index is 12.9. The van der Waals surface area contributed by atoms with Crippen molar-refractivity contribution >= 4 is 35.2 Å². The maximum absolute atomic E-state index is 12.9. The van der Waals surface area contributed by atoms with Crippen LogP contribution in [0.4, 0.5) is 0 Å². The number of amides is 2. The van der Waals surface area contributed by atoms with Crippen molar-refractivity contribution in [2.24, 2.45) is 0 Å². The van der Waals surface area contributed by atoms with E-state index in [0.717, 1.165) is 10.5 Å². The quantitative estimate of drug-likeness (QED) is 0.613. The smallest absolute Gasteiger partial charge is 0.242 e. The van der Waals surface area contributed by atoms with Crippen LogP contribution in [0.3, 0.4) is 0 Å². The lowest BCUT2D eigenvalue weighted by atomic mass is 10.1. The van der Waals surface area contributed by atoms with E-state index in [0.29, 0.717) is 18.0 Å². The van der Waals surface area contributed by atoms with Gasteiger partial charge in [0.15, 0.2) is 0 Å². The Labute approximate surface area is 176 Å². The van der Waals surface area contributed by atoms with Crippen molar-refractivity contribution in [1.29, 1.82) is 0 Å². The van der Waals surface area contributed by atoms with E-state index >= 15 is 0 Å². The van der Waals surface area contributed by atoms with Crippen molar-refractivity contribution in [3.8, 4) is 0 Å². The monoisotopic (exact) mass is 418 g/mol. The normalized spacial score (nSPS) is 11.9. The van der Waals surface area contributed by atoms with Crippen LogP contribution in [0.5, 0.6) is 0 Å². The first-order chi connectivity index (χ1) is 13.4. The van der Waals surface area contributed by atoms with Gasteiger partial charge in [0.05, 0.1) is 5.75 Å². The lowest BCUT2D eigenvalue weighted by Crippen LogP contribution is -2.50. The standard InChI is InChI=1S/C22H27ClN2O2S/c1-16(2)24-22(27)17(3)25(14-13-18-7-5-4-6-8-18)21(26)15-28-20-11-9-19(23)10-12-20/h4-12,16-17H,13-15H2,1-3H3,(H,24,27). The Bertz CT molecular complexity index is 766. The fourth-order valence-corrected chi connectivity index (χ4v) is 3.64. The molecule has 2 aromatic rings. The highest BCUT2D eigenvalue weighted by Crippen LogP contribution is 2.21. The van der Waals surface area contributed by atoms with Gasteiger partial charge in [0, 0.05) is 22.5 Å². The van der Waals surface area contributed by atoms with Crippen molar-refractivity contribution in [3.63, 3.8) is 0 Å². The number of nitrogens with zero attached hydrogens (tertiary/aromatic N) is 1. The van der Waals surface area contributed by atoms with Crippen LogP contribution in [0.2, 0.25) is 5.02 Å². The summed E-state index contributed by atoms with van der Waals surface area (Å²) in [5.74, 6) is 0.0885. The zero-order valence-electron chi connectivity index (χ0n) is 16.5. The summed E-state index contributed by atoms with van der Waals surface area (Å²) >= 11 is 7.36. The van der Waals surface area contributed by atoms with E-state index in [1.54, 1.807) is 24.0 Å². The van der Waals surface area contributed by atoms with E-state index in [4.69, 9.17) is 11.6 Å². The topological polar surface area (TPSA) is 49.4 Å². The van der Waals surface area contributed by atoms with Crippen molar-refractivity contribution in [2.75, 3.05) is 12.3 Å². The summed E-state index contributed by atoms with van der Waals surface area (Å²) in [4.78, 5) is 28.1. The number of rotatable bonds is 9. The first kappa shape index (κ1) is 22.3. The molecule has 1 N–H and O–H groups in total. The molecule has 1 unspecified atom stereocenters. The second-order valence-corrected chi connectivity index (χ2v) is 8.39. The Morgan fingerprint density at radius 1 is 1.04 bits per heavy atom. The molecule has 0 fully saturated rings. The number of thioether (sulfide) groups is 1. The summed E-state index contributed by atoms with van der Waals surface area (Å²) in [5, 5.41) is 3.57. The average molecular weight is 419 g/mol. The van der Waals surface area contributed by atoms with E-state index in [1.807, 2.05) is 56.3 Å². The van der Waals surface area contributed by atoms with Crippen molar-refractivity contribution in [1.82, 2.24) is 10.2 Å². The molecule has 0 aliphatic carbocycles. The maximum Gasteiger partial charge on any atom is 0.242 e. The molecular weight excluding hydrogens is 392 g/mol. The van der Waals surface area contributed by atoms with Crippen LogP contribution < -0.4 is 5.32 Å². The summed E-state index contributed by atoms with van der Waals surface area (Å²) in [6.45, 7) is 6.11. The van der Waals surface area contributed by atoms with Crippen LogP contribution in [0, 0.1) is 0 Å². The van der Waals surface area contributed by atoms with Gasteiger partial charge in [-0.3, -0.25) is 9.59 Å². The number of benzene rings is 2. The highest BCUT2D eigenvalue weighted by atomic mass is 35.5. The van der Waals surface area contributed by atoms with Gasteiger partial charge in [0.1, 0.15) is 6.04 Å². The second-order valence-electron chi connectivity index (χ2n) is 6.90. The Morgan fingerprint density at radius 3 is 2.29 bits per heavy atom. The van der Waals surface area contributed by atoms with Gasteiger partial charge in [-0.05, 0) is 57.0 Å². The van der Waals surface area contributed by atoms with Crippen molar-refractivity contribution in [3.05, 3.63) is 65.2 Å². The minimum Gasteiger partial charge on any atom is -0.352 e. The number of carbonyl (C=O) groups excluding carboxylic acids is 2. The number of hydrogen-bond donors (Lipinski definition) is 1. The molecule has 0 bridgehead atoms. The first-order valence-electron chi connectivity index (χ1n) is 9.39. The van der Waals surface area contributed by atoms with Crippen LogP contribution in [0.1, 0.15) is 26.3 Å². The average Bonchev–Trinajstić information content (AvgIpc) is 2.67. The Balaban J connectivity index is 2.05. The third kappa shape index (κ3) is 7.21. The molecule has 0 spiro atoms. The lowest BCUT2D eigenvalue weighted by Gasteiger charge is -2.29. The van der Waals surface area contributed by atoms with Crippen molar-refractivity contribution in [2.45, 2.75) is 44.2 Å². The van der Waals surface area contributed by atoms with E-state index in [9.17, 15) is 9.59 Å². The third-order valence-corrected chi connectivity index (χ3v) is 5.51. The van der Waals surface area contributed by atoms with Crippen LogP contribution >= 0.6 is 23.4 Å². The minimum atomic E-state index is -0.524. The predicted octanol–water partition coefficient (Wildman–Crippen LogP) is 4.42. The van der Waals surface area contributed by atoms with Gasteiger partial charge >= 0.3 is 0 Å². The van der Waals surface area contributed by atoms with Gasteiger partial charge in [-0.1, -0.05) is 41.9 Å². The summed E-state index contributed by atoms with van der Waals surface area (Å²) < 4.78 is 0. The fraction of sp³-hybridized carbons (Fsp3) is 0.364. The molecular formula is C22H27ClN2O2S. The molecule has 0 radical (unpaired) electrons. The van der Waals surface area contributed by atoms with Crippen LogP contribution in [0.15, 0.2) is 59.5 Å². The van der Waals surface area contributed by atoms with E-state index in [1.165, 1.54) is 11.8 Å². The van der Waals surface area contributed by atoms with E-state index in [2.05, 4.69) is 5.32 Å². The molecule has 0 aliphatic heterocycles. The molecule has 0 heterocycles. The van der Waals surface area contributed by atoms with Gasteiger partial charge in [-0.15, -0.1) is 11.8 Å². The highest BCUT2D eigenvalue weighted by molar-refractivity contribution is 8.00. The summed E-state index contributed by atoms with van der Waals surface area (Å²) in [6.07, 6.45) is 0.706. The highest BCUT2D eigenvalue weighted by Gasteiger charge is 2.26. The molecule has 2 aromatic carbocycles. The molecule has 1 atom stereocenters. The number of halogens is 1. The van der Waals surface area contributed by atoms with Crippen molar-refractivity contribution < 1.29 is 9.59 Å². The van der Waals surface area contributed by atoms with Gasteiger partial charge in [0.25, 0.3) is 0 Å². The zero-order valence-corrected chi connectivity index (χ0v) is 18.1. The van der Waals surface area contributed by atoms with E-state index < -0.39 is 6.04 Å². The summed E-state index contributed by atoms with van der Waals surface area (Å²) in [5.41, 5.74) is 1.14. The number of hydrogen-bond acceptors (Lipinski definition) is 3. The van der Waals surface area contributed by atoms with Gasteiger partial charge in [0.2, 0.25) is 11.8 Å². The predicted molar refractivity (Wildman–Crippen MR) is 117 cm³/mol. The van der Waals surface area contributed by atoms with Gasteiger partial charge in [-0.25, -0.2) is 0 Å². The van der Waals surface area contributed by atoms with Gasteiger partial charge in [-0.2, -0.15) is 0 Å². The molecule has 0 aliphatic rings. The number of nitrogens with one attached hydrogen (secondary N) is 1. The molecule has 28 heavy (non-hydrogen) atoms. The van der Waals surface area contributed by atoms with Crippen LogP contribution in [-0.2, 0) is 16.0 Å². The number of carbonyl (C=O) groups is 2. The minimum absolute atomic E-state index is 0.0319. The Kier molecular flexibility index (Phi) is 8.87. The van der Waals surface area contributed by atoms with Crippen LogP contribution in [-0.4, -0.2) is 41.1 Å². The first-order valence-corrected chi connectivity index (χ1v) is 10.8. The molecule has 4 nitrogen and oxygen atoms in total. The summed E-state index contributed by atoms with van der Waals surface area (Å²) in [6, 6.07) is 16.9. The van der Waals surface area contributed by atoms with E-state index in [-0.39, 0.29) is 23.6 Å². The molecule has 0 saturated carbocycles. The SMILES string of the molecule is CC(C)NC(=O)C(C)N(CCc1ccccc1)C(=O)CSc1ccc(Cl)cc1. The second kappa shape index (κ2) is 11.1. The third-order valence-electron chi connectivity index (χ3n) is 4.26. The molecule has 6 heteroatoms. The zero-order chi connectivity index (χ0) is 20.5. The largest absolute Gasteiger partial charge is 0.352 e. The van der Waals surface area contributed by atoms with Gasteiger partial charge < -0.3 is 10.2 Å². The molecule has 0 saturated heterocycles. The summed E-state index contributed by atoms with van der Waals surface area (Å²) in [7, 11) is 0. The Hall–Kier alpha value is -1.98. The fourth-order valence-electron chi connectivity index (χ4n) is 2.73. The molecule has 2 amide bonds.